The summed E-state index contributed by atoms with van der Waals surface area (Å²) in [7, 11) is 0. The molecule has 16 heavy (non-hydrogen) atoms. The van der Waals surface area contributed by atoms with Gasteiger partial charge in [0.15, 0.2) is 0 Å². The molecule has 1 aliphatic rings. The van der Waals surface area contributed by atoms with Crippen LogP contribution in [-0.2, 0) is 0 Å². The normalized spacial score (nSPS) is 13.2. The molecule has 0 saturated carbocycles. The zero-order valence-corrected chi connectivity index (χ0v) is 9.06. The molecule has 2 aromatic carbocycles. The Hall–Kier alpha value is -1.82. The van der Waals surface area contributed by atoms with Crippen LogP contribution in [0.5, 0.6) is 0 Å². The van der Waals surface area contributed by atoms with Crippen LogP contribution in [0.1, 0.15) is 17.0 Å². The van der Waals surface area contributed by atoms with E-state index in [9.17, 15) is 0 Å². The topological polar surface area (TPSA) is 0 Å². The van der Waals surface area contributed by atoms with E-state index in [1.54, 1.807) is 0 Å². The van der Waals surface area contributed by atoms with Crippen LogP contribution < -0.4 is 0 Å². The van der Waals surface area contributed by atoms with E-state index in [4.69, 9.17) is 0 Å². The van der Waals surface area contributed by atoms with Crippen LogP contribution in [0, 0.1) is 6.42 Å². The van der Waals surface area contributed by atoms with Crippen molar-refractivity contribution in [2.75, 3.05) is 0 Å². The van der Waals surface area contributed by atoms with Crippen LogP contribution in [-0.4, -0.2) is 0 Å². The van der Waals surface area contributed by atoms with Crippen LogP contribution in [0.3, 0.4) is 0 Å². The van der Waals surface area contributed by atoms with E-state index in [0.717, 1.165) is 0 Å². The lowest BCUT2D eigenvalue weighted by molar-refractivity contribution is 1.01. The lowest BCUT2D eigenvalue weighted by Gasteiger charge is -2.09. The Morgan fingerprint density at radius 2 is 1.31 bits per heavy atom. The highest BCUT2D eigenvalue weighted by atomic mass is 14.3. The first-order valence-corrected chi connectivity index (χ1v) is 5.56. The Morgan fingerprint density at radius 1 is 0.812 bits per heavy atom. The fraction of sp³-hybridized carbons (Fsp3) is 0.0625. The second-order valence-electron chi connectivity index (χ2n) is 4.08. The fourth-order valence-corrected chi connectivity index (χ4v) is 2.54. The van der Waals surface area contributed by atoms with Gasteiger partial charge in [0, 0.05) is 5.92 Å². The minimum Gasteiger partial charge on any atom is -0.103 e. The molecule has 0 unspecified atom stereocenters. The van der Waals surface area contributed by atoms with Crippen molar-refractivity contribution < 1.29 is 0 Å². The van der Waals surface area contributed by atoms with Gasteiger partial charge in [-0.3, -0.25) is 0 Å². The summed E-state index contributed by atoms with van der Waals surface area (Å²) in [6, 6.07) is 17.2. The molecule has 1 radical (unpaired) electrons. The van der Waals surface area contributed by atoms with E-state index in [1.165, 1.54) is 22.3 Å². The first kappa shape index (κ1) is 9.41. The third-order valence-electron chi connectivity index (χ3n) is 3.21. The molecule has 0 heteroatoms. The van der Waals surface area contributed by atoms with Gasteiger partial charge in [0.2, 0.25) is 0 Å². The number of rotatable bonds is 2. The maximum absolute atomic E-state index is 3.81. The van der Waals surface area contributed by atoms with Gasteiger partial charge in [-0.05, 0) is 28.7 Å². The molecular weight excluding hydrogens is 192 g/mol. The van der Waals surface area contributed by atoms with Gasteiger partial charge in [-0.15, -0.1) is 6.58 Å². The summed E-state index contributed by atoms with van der Waals surface area (Å²) in [5, 5.41) is 0. The summed E-state index contributed by atoms with van der Waals surface area (Å²) in [5.74, 6) is 0.380. The Balaban J connectivity index is 2.25. The molecule has 77 valence electrons. The molecule has 0 bridgehead atoms. The summed E-state index contributed by atoms with van der Waals surface area (Å²) in [6.07, 6.45) is 4.06. The molecule has 0 saturated heterocycles. The van der Waals surface area contributed by atoms with Gasteiger partial charge < -0.3 is 0 Å². The average molecular weight is 205 g/mol. The first-order chi connectivity index (χ1) is 7.92. The predicted molar refractivity (Wildman–Crippen MR) is 68.2 cm³/mol. The van der Waals surface area contributed by atoms with Crippen LogP contribution in [0.15, 0.2) is 61.2 Å². The molecule has 1 aliphatic carbocycles. The smallest absolute Gasteiger partial charge is 0.0170 e. The van der Waals surface area contributed by atoms with Gasteiger partial charge in [-0.2, -0.15) is 0 Å². The lowest BCUT2D eigenvalue weighted by Crippen LogP contribution is -1.94. The monoisotopic (exact) mass is 205 g/mol. The van der Waals surface area contributed by atoms with Crippen molar-refractivity contribution >= 4 is 0 Å². The zero-order valence-electron chi connectivity index (χ0n) is 9.06. The highest BCUT2D eigenvalue weighted by molar-refractivity contribution is 5.79. The maximum Gasteiger partial charge on any atom is 0.0170 e. The van der Waals surface area contributed by atoms with Gasteiger partial charge in [-0.1, -0.05) is 54.6 Å². The second-order valence-corrected chi connectivity index (χ2v) is 4.08. The van der Waals surface area contributed by atoms with E-state index in [0.29, 0.717) is 5.92 Å². The molecule has 0 atom stereocenters. The third kappa shape index (κ3) is 1.23. The molecule has 0 fully saturated rings. The van der Waals surface area contributed by atoms with Crippen LogP contribution in [0.25, 0.3) is 11.1 Å². The van der Waals surface area contributed by atoms with Gasteiger partial charge >= 0.3 is 0 Å². The molecule has 3 rings (SSSR count). The molecule has 0 N–H and O–H groups in total. The lowest BCUT2D eigenvalue weighted by atomic mass is 9.94. The van der Waals surface area contributed by atoms with Crippen LogP contribution in [0.4, 0.5) is 0 Å². The van der Waals surface area contributed by atoms with Gasteiger partial charge in [0.05, 0.1) is 0 Å². The quantitative estimate of drug-likeness (QED) is 0.689. The molecular formula is C16H13. The van der Waals surface area contributed by atoms with E-state index < -0.39 is 0 Å². The summed E-state index contributed by atoms with van der Waals surface area (Å²) < 4.78 is 0. The van der Waals surface area contributed by atoms with Crippen molar-refractivity contribution in [1.82, 2.24) is 0 Å². The van der Waals surface area contributed by atoms with Crippen LogP contribution >= 0.6 is 0 Å². The van der Waals surface area contributed by atoms with E-state index in [1.807, 2.05) is 6.08 Å². The number of allylic oxidation sites excluding steroid dienone is 1. The first-order valence-electron chi connectivity index (χ1n) is 5.56. The Bertz CT molecular complexity index is 492. The zero-order chi connectivity index (χ0) is 11.0. The minimum absolute atomic E-state index is 0.380. The maximum atomic E-state index is 3.81. The van der Waals surface area contributed by atoms with Crippen molar-refractivity contribution in [3.05, 3.63) is 78.7 Å². The van der Waals surface area contributed by atoms with E-state index >= 15 is 0 Å². The molecule has 0 aromatic heterocycles. The molecule has 0 spiro atoms. The van der Waals surface area contributed by atoms with Gasteiger partial charge in [0.25, 0.3) is 0 Å². The summed E-state index contributed by atoms with van der Waals surface area (Å²) >= 11 is 0. The van der Waals surface area contributed by atoms with Crippen molar-refractivity contribution in [2.24, 2.45) is 0 Å². The summed E-state index contributed by atoms with van der Waals surface area (Å²) in [6.45, 7) is 3.81. The highest BCUT2D eigenvalue weighted by Gasteiger charge is 2.26. The largest absolute Gasteiger partial charge is 0.103 e. The minimum atomic E-state index is 0.380. The Labute approximate surface area is 96.3 Å². The summed E-state index contributed by atoms with van der Waals surface area (Å²) in [5.41, 5.74) is 5.51. The van der Waals surface area contributed by atoms with Crippen molar-refractivity contribution in [2.45, 2.75) is 5.92 Å². The SMILES string of the molecule is C=C[CH]C1c2ccccc2-c2ccccc21. The van der Waals surface area contributed by atoms with Gasteiger partial charge in [-0.25, -0.2) is 0 Å². The van der Waals surface area contributed by atoms with E-state index in [-0.39, 0.29) is 0 Å². The highest BCUT2D eigenvalue weighted by Crippen LogP contribution is 2.45. The van der Waals surface area contributed by atoms with Crippen LogP contribution in [0.2, 0.25) is 0 Å². The standard InChI is InChI=1S/C16H13/c1-2-7-12-13-8-3-5-10-15(13)16-11-6-4-9-14(12)16/h2-12H,1H2. The predicted octanol–water partition coefficient (Wildman–Crippen LogP) is 4.19. The molecule has 0 heterocycles. The third-order valence-corrected chi connectivity index (χ3v) is 3.21. The Morgan fingerprint density at radius 3 is 1.81 bits per heavy atom. The van der Waals surface area contributed by atoms with Crippen molar-refractivity contribution in [1.29, 1.82) is 0 Å². The number of benzene rings is 2. The molecule has 0 amide bonds. The second kappa shape index (κ2) is 3.64. The van der Waals surface area contributed by atoms with Gasteiger partial charge in [0.1, 0.15) is 0 Å². The number of fused-ring (bicyclic) bond motifs is 3. The number of hydrogen-bond acceptors (Lipinski definition) is 0. The average Bonchev–Trinajstić information content (AvgIpc) is 2.66. The summed E-state index contributed by atoms with van der Waals surface area (Å²) in [4.78, 5) is 0. The van der Waals surface area contributed by atoms with Crippen molar-refractivity contribution in [3.63, 3.8) is 0 Å². The Kier molecular flexibility index (Phi) is 2.14. The molecule has 0 nitrogen and oxygen atoms in total. The van der Waals surface area contributed by atoms with Crippen molar-refractivity contribution in [3.8, 4) is 11.1 Å². The molecule has 0 aliphatic heterocycles. The number of hydrogen-bond donors (Lipinski definition) is 0. The van der Waals surface area contributed by atoms with E-state index in [2.05, 4.69) is 61.5 Å². The molecule has 2 aromatic rings. The fourth-order valence-electron chi connectivity index (χ4n) is 2.54.